The van der Waals surface area contributed by atoms with Crippen LogP contribution in [0.5, 0.6) is 0 Å². The zero-order valence-electron chi connectivity index (χ0n) is 20.7. The molecule has 11 nitrogen and oxygen atoms in total. The number of anilines is 1. The summed E-state index contributed by atoms with van der Waals surface area (Å²) in [6.07, 6.45) is -7.45. The average Bonchev–Trinajstić information content (AvgIpc) is 2.84. The van der Waals surface area contributed by atoms with Crippen molar-refractivity contribution in [3.05, 3.63) is 41.2 Å². The predicted molar refractivity (Wildman–Crippen MR) is 125 cm³/mol. The Balaban J connectivity index is 0.000000708. The summed E-state index contributed by atoms with van der Waals surface area (Å²) in [5.74, 6) is -5.52. The van der Waals surface area contributed by atoms with Crippen LogP contribution in [0.4, 0.5) is 32.2 Å². The van der Waals surface area contributed by atoms with Crippen LogP contribution in [0.1, 0.15) is 47.3 Å². The number of hydrogen-bond donors (Lipinski definition) is 6. The van der Waals surface area contributed by atoms with Gasteiger partial charge in [0.2, 0.25) is 0 Å². The van der Waals surface area contributed by atoms with Crippen LogP contribution in [0.3, 0.4) is 0 Å². The fourth-order valence-electron chi connectivity index (χ4n) is 3.74. The molecule has 17 heteroatoms. The molecular weight excluding hydrogens is 556 g/mol. The number of carbonyl (C=O) groups is 3. The Hall–Kier alpha value is -3.99. The van der Waals surface area contributed by atoms with Crippen molar-refractivity contribution in [3.8, 4) is 11.3 Å². The number of nitrogen functional groups attached to an aromatic ring is 1. The number of benzene rings is 1. The zero-order chi connectivity index (χ0) is 30.6. The minimum Gasteiger partial charge on any atom is -0.475 e. The van der Waals surface area contributed by atoms with E-state index in [2.05, 4.69) is 15.3 Å². The molecule has 1 atom stereocenters. The summed E-state index contributed by atoms with van der Waals surface area (Å²) in [6, 6.07) is 2.94. The predicted octanol–water partition coefficient (Wildman–Crippen LogP) is 1.94. The number of halogens is 6. The highest BCUT2D eigenvalue weighted by molar-refractivity contribution is 5.97. The van der Waals surface area contributed by atoms with E-state index in [1.165, 1.54) is 12.3 Å². The molecule has 1 fully saturated rings. The Morgan fingerprint density at radius 1 is 1.05 bits per heavy atom. The highest BCUT2D eigenvalue weighted by Crippen LogP contribution is 2.40. The van der Waals surface area contributed by atoms with Crippen molar-refractivity contribution in [3.63, 3.8) is 0 Å². The summed E-state index contributed by atoms with van der Waals surface area (Å²) < 4.78 is 72.2. The summed E-state index contributed by atoms with van der Waals surface area (Å²) in [5.41, 5.74) is 6.31. The molecule has 1 aliphatic rings. The molecule has 220 valence electrons. The van der Waals surface area contributed by atoms with E-state index in [4.69, 9.17) is 21.4 Å². The molecule has 0 saturated heterocycles. The van der Waals surface area contributed by atoms with Crippen molar-refractivity contribution in [2.24, 2.45) is 5.73 Å². The van der Waals surface area contributed by atoms with E-state index in [0.717, 1.165) is 12.1 Å². The van der Waals surface area contributed by atoms with Gasteiger partial charge in [-0.25, -0.2) is 14.8 Å². The number of aryl methyl sites for hydroxylation is 1. The van der Waals surface area contributed by atoms with Crippen molar-refractivity contribution in [2.45, 2.75) is 62.7 Å². The maximum Gasteiger partial charge on any atom is 0.490 e. The van der Waals surface area contributed by atoms with Crippen LogP contribution in [-0.4, -0.2) is 67.6 Å². The number of aliphatic hydroxyl groups is 2. The van der Waals surface area contributed by atoms with Gasteiger partial charge >= 0.3 is 18.3 Å². The molecule has 0 radical (unpaired) electrons. The van der Waals surface area contributed by atoms with Gasteiger partial charge in [-0.3, -0.25) is 9.59 Å². The van der Waals surface area contributed by atoms with Crippen molar-refractivity contribution < 1.29 is 56.0 Å². The third kappa shape index (κ3) is 7.35. The van der Waals surface area contributed by atoms with E-state index in [-0.39, 0.29) is 28.8 Å². The van der Waals surface area contributed by atoms with Crippen LogP contribution >= 0.6 is 0 Å². The van der Waals surface area contributed by atoms with Crippen molar-refractivity contribution in [1.29, 1.82) is 0 Å². The smallest absolute Gasteiger partial charge is 0.475 e. The standard InChI is InChI=1S/C21H24F3N5O4.C2HF3O2/c1-10-2-3-11(20(33,19(26)32)21(22,23)24)8-14(10)15-9-27-17(25)16(29-15)18(31)28-12-4-6-13(30)7-5-12;3-2(4,5)1(6)7/h2-3,8-9,12-13,30,33H,4-7H2,1H3,(H2,25,27)(H2,26,32)(H,28,31);(H,6,7). The molecule has 2 amide bonds. The normalized spacial score (nSPS) is 19.0. The van der Waals surface area contributed by atoms with Crippen LogP contribution in [0.25, 0.3) is 11.3 Å². The molecule has 1 unspecified atom stereocenters. The summed E-state index contributed by atoms with van der Waals surface area (Å²) in [5, 5.41) is 29.6. The van der Waals surface area contributed by atoms with Crippen LogP contribution < -0.4 is 16.8 Å². The Bertz CT molecular complexity index is 1260. The molecule has 0 aliphatic heterocycles. The third-order valence-corrected chi connectivity index (χ3v) is 5.99. The lowest BCUT2D eigenvalue weighted by Crippen LogP contribution is -2.52. The largest absolute Gasteiger partial charge is 0.490 e. The molecule has 1 aromatic heterocycles. The lowest BCUT2D eigenvalue weighted by molar-refractivity contribution is -0.255. The number of aliphatic hydroxyl groups excluding tert-OH is 1. The minimum atomic E-state index is -5.36. The second kappa shape index (κ2) is 12.0. The molecule has 1 aromatic carbocycles. The van der Waals surface area contributed by atoms with Crippen molar-refractivity contribution in [1.82, 2.24) is 15.3 Å². The van der Waals surface area contributed by atoms with Gasteiger partial charge in [0.25, 0.3) is 17.4 Å². The van der Waals surface area contributed by atoms with Gasteiger partial charge in [0.05, 0.1) is 18.0 Å². The first-order valence-corrected chi connectivity index (χ1v) is 11.4. The first-order valence-electron chi connectivity index (χ1n) is 11.4. The number of aliphatic carboxylic acids is 1. The molecule has 8 N–H and O–H groups in total. The number of aromatic nitrogens is 2. The van der Waals surface area contributed by atoms with Crippen molar-refractivity contribution in [2.75, 3.05) is 5.73 Å². The zero-order valence-corrected chi connectivity index (χ0v) is 20.7. The van der Waals surface area contributed by atoms with Gasteiger partial charge in [-0.05, 0) is 44.2 Å². The number of amides is 2. The number of rotatable bonds is 5. The maximum absolute atomic E-state index is 13.5. The lowest BCUT2D eigenvalue weighted by atomic mass is 9.89. The topological polar surface area (TPSA) is 202 Å². The minimum absolute atomic E-state index is 0.0155. The SMILES string of the molecule is Cc1ccc(C(O)(C(N)=O)C(F)(F)F)cc1-c1cnc(N)c(C(=O)NC2CCC(O)CC2)n1.O=C(O)C(F)(F)F. The molecule has 40 heavy (non-hydrogen) atoms. The van der Waals surface area contributed by atoms with Crippen molar-refractivity contribution >= 4 is 23.6 Å². The van der Waals surface area contributed by atoms with E-state index >= 15 is 0 Å². The Labute approximate surface area is 222 Å². The highest BCUT2D eigenvalue weighted by Gasteiger charge is 2.60. The third-order valence-electron chi connectivity index (χ3n) is 5.99. The van der Waals surface area contributed by atoms with E-state index in [1.54, 1.807) is 6.92 Å². The quantitative estimate of drug-likeness (QED) is 0.285. The monoisotopic (exact) mass is 581 g/mol. The van der Waals surface area contributed by atoms with Gasteiger partial charge in [0.15, 0.2) is 11.5 Å². The lowest BCUT2D eigenvalue weighted by Gasteiger charge is -2.28. The summed E-state index contributed by atoms with van der Waals surface area (Å²) in [6.45, 7) is 1.57. The first kappa shape index (κ1) is 32.2. The Kier molecular flexibility index (Phi) is 9.69. The van der Waals surface area contributed by atoms with Crippen LogP contribution in [0, 0.1) is 6.92 Å². The van der Waals surface area contributed by atoms with Gasteiger partial charge in [0, 0.05) is 17.2 Å². The second-order valence-electron chi connectivity index (χ2n) is 8.87. The van der Waals surface area contributed by atoms with Crippen LogP contribution in [-0.2, 0) is 15.2 Å². The van der Waals surface area contributed by atoms with Crippen LogP contribution in [0.2, 0.25) is 0 Å². The molecule has 3 rings (SSSR count). The number of carboxylic acids is 1. The number of carboxylic acid groups (broad SMARTS) is 1. The number of carbonyl (C=O) groups excluding carboxylic acids is 2. The van der Waals surface area contributed by atoms with Gasteiger partial charge in [0.1, 0.15) is 0 Å². The Morgan fingerprint density at radius 3 is 2.08 bits per heavy atom. The van der Waals surface area contributed by atoms with E-state index in [9.17, 15) is 46.1 Å². The van der Waals surface area contributed by atoms with Gasteiger partial charge in [-0.15, -0.1) is 0 Å². The summed E-state index contributed by atoms with van der Waals surface area (Å²) in [7, 11) is 0. The van der Waals surface area contributed by atoms with Crippen LogP contribution in [0.15, 0.2) is 24.4 Å². The number of primary amides is 1. The fraction of sp³-hybridized carbons (Fsp3) is 0.435. The summed E-state index contributed by atoms with van der Waals surface area (Å²) in [4.78, 5) is 41.3. The fourth-order valence-corrected chi connectivity index (χ4v) is 3.74. The Morgan fingerprint density at radius 2 is 1.60 bits per heavy atom. The maximum atomic E-state index is 13.5. The molecule has 1 saturated carbocycles. The second-order valence-corrected chi connectivity index (χ2v) is 8.87. The average molecular weight is 581 g/mol. The first-order chi connectivity index (χ1) is 18.3. The van der Waals surface area contributed by atoms with Gasteiger partial charge in [-0.1, -0.05) is 12.1 Å². The number of nitrogens with two attached hydrogens (primary N) is 2. The number of alkyl halides is 6. The molecule has 0 bridgehead atoms. The molecule has 2 aromatic rings. The van der Waals surface area contributed by atoms with E-state index in [0.29, 0.717) is 31.2 Å². The molecule has 1 heterocycles. The molecular formula is C23H25F6N5O6. The molecule has 0 spiro atoms. The summed E-state index contributed by atoms with van der Waals surface area (Å²) >= 11 is 0. The molecule has 1 aliphatic carbocycles. The van der Waals surface area contributed by atoms with E-state index < -0.39 is 47.4 Å². The highest BCUT2D eigenvalue weighted by atomic mass is 19.4. The number of nitrogens with one attached hydrogen (secondary N) is 1. The van der Waals surface area contributed by atoms with Gasteiger partial charge in [-0.2, -0.15) is 26.3 Å². The number of nitrogens with zero attached hydrogens (tertiary/aromatic N) is 2. The number of hydrogen-bond acceptors (Lipinski definition) is 8. The van der Waals surface area contributed by atoms with Gasteiger partial charge < -0.3 is 32.1 Å². The van der Waals surface area contributed by atoms with E-state index in [1.807, 2.05) is 0 Å².